The quantitative estimate of drug-likeness (QED) is 0.0896. The van der Waals surface area contributed by atoms with Gasteiger partial charge in [-0.1, -0.05) is 65.3 Å². The molecule has 2 N–H and O–H groups in total. The SMILES string of the molecule is CC(C)OC(=O)C(C)(C)Oc1ccc(C(=O)c2ccc(Cl)cc2)cc1.CN1CCC(=C2c3ccccc3Sc3ccccc32)CC1.O=C(O)C=CC(=O)O. The van der Waals surface area contributed by atoms with Crippen LogP contribution in [0.2, 0.25) is 5.02 Å². The van der Waals surface area contributed by atoms with Gasteiger partial charge in [-0.2, -0.15) is 0 Å². The summed E-state index contributed by atoms with van der Waals surface area (Å²) in [5, 5.41) is 16.2. The molecule has 4 aromatic carbocycles. The van der Waals surface area contributed by atoms with Crippen LogP contribution in [0.3, 0.4) is 0 Å². The first kappa shape index (κ1) is 41.6. The predicted octanol–water partition coefficient (Wildman–Crippen LogP) is 9.07. The van der Waals surface area contributed by atoms with Crippen molar-refractivity contribution in [2.45, 2.75) is 62.0 Å². The molecule has 0 aromatic heterocycles. The fourth-order valence-corrected chi connectivity index (χ4v) is 6.80. The molecule has 4 aromatic rings. The number of hydrogen-bond donors (Lipinski definition) is 2. The first-order valence-electron chi connectivity index (χ1n) is 17.4. The molecule has 0 aliphatic carbocycles. The maximum Gasteiger partial charge on any atom is 0.350 e. The molecule has 0 amide bonds. The van der Waals surface area contributed by atoms with Gasteiger partial charge in [0.1, 0.15) is 5.75 Å². The molecule has 0 bridgehead atoms. The summed E-state index contributed by atoms with van der Waals surface area (Å²) in [7, 11) is 2.22. The number of carbonyl (C=O) groups is 4. The van der Waals surface area contributed by atoms with Crippen LogP contribution in [0.4, 0.5) is 0 Å². The average Bonchev–Trinajstić information content (AvgIpc) is 3.14. The number of aliphatic carboxylic acids is 2. The van der Waals surface area contributed by atoms with E-state index in [1.54, 1.807) is 81.8 Å². The molecule has 0 radical (unpaired) electrons. The average molecular weight is 770 g/mol. The topological polar surface area (TPSA) is 130 Å². The summed E-state index contributed by atoms with van der Waals surface area (Å²) in [5.41, 5.74) is 5.96. The fourth-order valence-electron chi connectivity index (χ4n) is 5.58. The van der Waals surface area contributed by atoms with Gasteiger partial charge in [0, 0.05) is 51.2 Å². The van der Waals surface area contributed by atoms with Gasteiger partial charge >= 0.3 is 17.9 Å². The molecule has 0 atom stereocenters. The molecule has 0 saturated carbocycles. The number of esters is 1. The molecule has 54 heavy (non-hydrogen) atoms. The van der Waals surface area contributed by atoms with E-state index in [4.69, 9.17) is 31.3 Å². The van der Waals surface area contributed by atoms with Crippen LogP contribution in [-0.2, 0) is 19.1 Å². The van der Waals surface area contributed by atoms with Gasteiger partial charge in [0.05, 0.1) is 6.10 Å². The number of hydrogen-bond acceptors (Lipinski definition) is 8. The lowest BCUT2D eigenvalue weighted by Crippen LogP contribution is -2.40. The van der Waals surface area contributed by atoms with Gasteiger partial charge in [0.15, 0.2) is 11.4 Å². The number of rotatable bonds is 8. The number of carbonyl (C=O) groups excluding carboxylic acids is 2. The number of nitrogens with zero attached hydrogens (tertiary/aromatic N) is 1. The number of halogens is 1. The number of likely N-dealkylation sites (tertiary alicyclic amines) is 1. The lowest BCUT2D eigenvalue weighted by Gasteiger charge is -2.30. The van der Waals surface area contributed by atoms with Gasteiger partial charge in [0.25, 0.3) is 0 Å². The van der Waals surface area contributed by atoms with Crippen molar-refractivity contribution >= 4 is 52.6 Å². The molecule has 2 aliphatic rings. The number of fused-ring (bicyclic) bond motifs is 2. The molecule has 0 spiro atoms. The molecule has 1 saturated heterocycles. The van der Waals surface area contributed by atoms with Crippen LogP contribution in [0.25, 0.3) is 5.57 Å². The molecule has 0 unspecified atom stereocenters. The predicted molar refractivity (Wildman–Crippen MR) is 211 cm³/mol. The first-order chi connectivity index (χ1) is 25.6. The smallest absolute Gasteiger partial charge is 0.350 e. The highest BCUT2D eigenvalue weighted by Gasteiger charge is 2.32. The summed E-state index contributed by atoms with van der Waals surface area (Å²) in [6, 6.07) is 31.1. The van der Waals surface area contributed by atoms with E-state index < -0.39 is 23.5 Å². The van der Waals surface area contributed by atoms with E-state index in [1.165, 1.54) is 52.4 Å². The van der Waals surface area contributed by atoms with Crippen molar-refractivity contribution in [3.8, 4) is 5.75 Å². The molecule has 11 heteroatoms. The van der Waals surface area contributed by atoms with Crippen molar-refractivity contribution in [2.24, 2.45) is 0 Å². The Morgan fingerprint density at radius 3 is 1.69 bits per heavy atom. The Bertz CT molecular complexity index is 1950. The Labute approximate surface area is 325 Å². The largest absolute Gasteiger partial charge is 0.478 e. The summed E-state index contributed by atoms with van der Waals surface area (Å²) in [6.45, 7) is 9.21. The standard InChI is InChI=1S/C20H21ClO4.C19H19NS.C4H4O4/c1-13(2)24-19(23)20(3,4)25-17-11-7-15(8-12-17)18(22)14-5-9-16(21)10-6-14;1-20-12-10-14(11-13-20)19-15-6-2-4-8-17(15)21-18-9-5-3-7-16(18)19;5-3(6)1-2-4(7)8/h5-13H,1-4H3;2-9H,10-13H2,1H3;1-2H,(H,5,6)(H,7,8). The minimum Gasteiger partial charge on any atom is -0.478 e. The summed E-state index contributed by atoms with van der Waals surface area (Å²) >= 11 is 7.74. The van der Waals surface area contributed by atoms with Crippen LogP contribution in [0.1, 0.15) is 67.6 Å². The molecule has 2 heterocycles. The summed E-state index contributed by atoms with van der Waals surface area (Å²) in [4.78, 5) is 48.8. The lowest BCUT2D eigenvalue weighted by molar-refractivity contribution is -0.163. The highest BCUT2D eigenvalue weighted by molar-refractivity contribution is 7.99. The monoisotopic (exact) mass is 769 g/mol. The van der Waals surface area contributed by atoms with Gasteiger partial charge in [-0.3, -0.25) is 4.79 Å². The maximum atomic E-state index is 12.4. The highest BCUT2D eigenvalue weighted by atomic mass is 35.5. The second-order valence-corrected chi connectivity index (χ2v) is 14.8. The zero-order chi connectivity index (χ0) is 39.4. The Balaban J connectivity index is 0.000000202. The van der Waals surface area contributed by atoms with Crippen molar-refractivity contribution in [3.05, 3.63) is 142 Å². The van der Waals surface area contributed by atoms with E-state index in [-0.39, 0.29) is 11.9 Å². The number of benzene rings is 4. The van der Waals surface area contributed by atoms with Crippen molar-refractivity contribution in [2.75, 3.05) is 20.1 Å². The van der Waals surface area contributed by atoms with E-state index in [0.29, 0.717) is 34.1 Å². The number of carboxylic acid groups (broad SMARTS) is 2. The lowest BCUT2D eigenvalue weighted by atomic mass is 9.88. The Morgan fingerprint density at radius 1 is 0.759 bits per heavy atom. The van der Waals surface area contributed by atoms with Crippen LogP contribution < -0.4 is 4.74 Å². The number of piperidine rings is 1. The van der Waals surface area contributed by atoms with Gasteiger partial charge in [-0.05, 0) is 125 Å². The fraction of sp³-hybridized carbons (Fsp3) is 0.256. The van der Waals surface area contributed by atoms with Gasteiger partial charge in [-0.25, -0.2) is 14.4 Å². The van der Waals surface area contributed by atoms with E-state index in [0.717, 1.165) is 0 Å². The van der Waals surface area contributed by atoms with Crippen LogP contribution in [0.5, 0.6) is 5.75 Å². The van der Waals surface area contributed by atoms with Crippen molar-refractivity contribution in [1.82, 2.24) is 4.90 Å². The van der Waals surface area contributed by atoms with Gasteiger partial charge < -0.3 is 24.6 Å². The number of ketones is 1. The molecular weight excluding hydrogens is 726 g/mol. The summed E-state index contributed by atoms with van der Waals surface area (Å²) in [5.74, 6) is -2.58. The highest BCUT2D eigenvalue weighted by Crippen LogP contribution is 2.47. The Kier molecular flexibility index (Phi) is 14.8. The van der Waals surface area contributed by atoms with Crippen LogP contribution in [-0.4, -0.2) is 70.6 Å². The number of ether oxygens (including phenoxy) is 2. The van der Waals surface area contributed by atoms with E-state index in [9.17, 15) is 19.2 Å². The van der Waals surface area contributed by atoms with Crippen LogP contribution in [0.15, 0.2) is 125 Å². The Hall–Kier alpha value is -5.16. The first-order valence-corrected chi connectivity index (χ1v) is 18.6. The van der Waals surface area contributed by atoms with E-state index in [2.05, 4.69) is 60.5 Å². The van der Waals surface area contributed by atoms with Gasteiger partial charge in [0.2, 0.25) is 0 Å². The number of carboxylic acids is 2. The second kappa shape index (κ2) is 19.3. The minimum atomic E-state index is -1.26. The third-order valence-corrected chi connectivity index (χ3v) is 9.68. The minimum absolute atomic E-state index is 0.110. The molecular formula is C43H44ClNO8S. The molecule has 9 nitrogen and oxygen atoms in total. The van der Waals surface area contributed by atoms with E-state index >= 15 is 0 Å². The Morgan fingerprint density at radius 2 is 1.22 bits per heavy atom. The van der Waals surface area contributed by atoms with E-state index in [1.807, 2.05) is 11.8 Å². The zero-order valence-electron chi connectivity index (χ0n) is 30.9. The van der Waals surface area contributed by atoms with Gasteiger partial charge in [-0.15, -0.1) is 0 Å². The van der Waals surface area contributed by atoms with Crippen molar-refractivity contribution < 1.29 is 38.9 Å². The normalized spacial score (nSPS) is 13.8. The maximum absolute atomic E-state index is 12.4. The van der Waals surface area contributed by atoms with Crippen molar-refractivity contribution in [3.63, 3.8) is 0 Å². The molecule has 2 aliphatic heterocycles. The molecule has 6 rings (SSSR count). The zero-order valence-corrected chi connectivity index (χ0v) is 32.4. The third-order valence-electron chi connectivity index (χ3n) is 8.28. The third kappa shape index (κ3) is 11.9. The second-order valence-electron chi connectivity index (χ2n) is 13.3. The summed E-state index contributed by atoms with van der Waals surface area (Å²) in [6.07, 6.45) is 3.29. The van der Waals surface area contributed by atoms with Crippen molar-refractivity contribution in [1.29, 1.82) is 0 Å². The molecule has 1 fully saturated rings. The molecule has 282 valence electrons. The van der Waals surface area contributed by atoms with Crippen LogP contribution in [0, 0.1) is 0 Å². The summed E-state index contributed by atoms with van der Waals surface area (Å²) < 4.78 is 10.9. The van der Waals surface area contributed by atoms with Crippen LogP contribution >= 0.6 is 23.4 Å².